The maximum absolute atomic E-state index is 11.4. The minimum Gasteiger partial charge on any atom is -0.489 e. The molecule has 3 aromatic rings. The van der Waals surface area contributed by atoms with Crippen LogP contribution in [0.25, 0.3) is 10.2 Å². The fourth-order valence-corrected chi connectivity index (χ4v) is 5.40. The van der Waals surface area contributed by atoms with E-state index in [0.717, 1.165) is 49.9 Å². The molecule has 5 rings (SSSR count). The van der Waals surface area contributed by atoms with E-state index in [9.17, 15) is 9.90 Å². The van der Waals surface area contributed by atoms with Gasteiger partial charge < -0.3 is 15.2 Å². The molecule has 2 aromatic heterocycles. The molecule has 1 aliphatic heterocycles. The number of thiophene rings is 1. The molecule has 154 valence electrons. The summed E-state index contributed by atoms with van der Waals surface area (Å²) in [6.07, 6.45) is 5.40. The molecular weight excluding hydrogens is 400 g/mol. The van der Waals surface area contributed by atoms with Crippen LogP contribution in [0.4, 0.5) is 11.5 Å². The largest absolute Gasteiger partial charge is 0.489 e. The number of carboxylic acid groups (broad SMARTS) is 1. The predicted octanol–water partition coefficient (Wildman–Crippen LogP) is 4.34. The van der Waals surface area contributed by atoms with Gasteiger partial charge in [-0.1, -0.05) is 0 Å². The van der Waals surface area contributed by atoms with Crippen LogP contribution in [0.5, 0.6) is 5.75 Å². The van der Waals surface area contributed by atoms with Gasteiger partial charge in [0.1, 0.15) is 22.7 Å². The van der Waals surface area contributed by atoms with Gasteiger partial charge in [-0.15, -0.1) is 11.3 Å². The Morgan fingerprint density at radius 2 is 2.20 bits per heavy atom. The third-order valence-corrected chi connectivity index (χ3v) is 6.71. The SMILES string of the molecule is CC(C)Oc1cc2c(cc1Nc1ncnc3sc4c(c13)CCC(C(=O)O)C4)C=NC2. The molecule has 2 aliphatic rings. The second-order valence-electron chi connectivity index (χ2n) is 7.99. The van der Waals surface area contributed by atoms with Crippen LogP contribution in [-0.4, -0.2) is 33.4 Å². The van der Waals surface area contributed by atoms with Gasteiger partial charge in [-0.3, -0.25) is 9.79 Å². The van der Waals surface area contributed by atoms with Crippen molar-refractivity contribution < 1.29 is 14.6 Å². The number of aliphatic imine (C=N–C) groups is 1. The quantitative estimate of drug-likeness (QED) is 0.635. The zero-order chi connectivity index (χ0) is 20.8. The lowest BCUT2D eigenvalue weighted by atomic mass is 9.88. The molecule has 0 radical (unpaired) electrons. The summed E-state index contributed by atoms with van der Waals surface area (Å²) in [5.41, 5.74) is 4.24. The Bertz CT molecular complexity index is 1180. The number of aryl methyl sites for hydroxylation is 1. The van der Waals surface area contributed by atoms with Crippen molar-refractivity contribution in [3.63, 3.8) is 0 Å². The summed E-state index contributed by atoms with van der Waals surface area (Å²) in [4.78, 5) is 26.8. The monoisotopic (exact) mass is 422 g/mol. The van der Waals surface area contributed by atoms with E-state index in [4.69, 9.17) is 4.74 Å². The van der Waals surface area contributed by atoms with Crippen LogP contribution in [0.3, 0.4) is 0 Å². The van der Waals surface area contributed by atoms with Gasteiger partial charge in [-0.25, -0.2) is 9.97 Å². The Balaban J connectivity index is 1.57. The van der Waals surface area contributed by atoms with E-state index >= 15 is 0 Å². The highest BCUT2D eigenvalue weighted by Gasteiger charge is 2.29. The molecule has 30 heavy (non-hydrogen) atoms. The minimum absolute atomic E-state index is 0.0400. The molecule has 0 fully saturated rings. The fraction of sp³-hybridized carbons (Fsp3) is 0.364. The predicted molar refractivity (Wildman–Crippen MR) is 117 cm³/mol. The van der Waals surface area contributed by atoms with Gasteiger partial charge in [-0.05, 0) is 61.9 Å². The molecule has 0 saturated heterocycles. The lowest BCUT2D eigenvalue weighted by molar-refractivity contribution is -0.142. The molecule has 7 nitrogen and oxygen atoms in total. The number of benzene rings is 1. The second kappa shape index (κ2) is 7.36. The highest BCUT2D eigenvalue weighted by molar-refractivity contribution is 7.19. The molecule has 1 unspecified atom stereocenters. The normalized spacial score (nSPS) is 17.2. The Kier molecular flexibility index (Phi) is 4.66. The van der Waals surface area contributed by atoms with E-state index in [-0.39, 0.29) is 12.0 Å². The Hall–Kier alpha value is -3.00. The van der Waals surface area contributed by atoms with Gasteiger partial charge in [0.05, 0.1) is 29.6 Å². The van der Waals surface area contributed by atoms with Crippen LogP contribution >= 0.6 is 11.3 Å². The van der Waals surface area contributed by atoms with Crippen LogP contribution in [-0.2, 0) is 24.2 Å². The van der Waals surface area contributed by atoms with Crippen molar-refractivity contribution >= 4 is 45.2 Å². The van der Waals surface area contributed by atoms with E-state index in [2.05, 4.69) is 26.3 Å². The van der Waals surface area contributed by atoms with Gasteiger partial charge in [0.25, 0.3) is 0 Å². The van der Waals surface area contributed by atoms with E-state index in [1.807, 2.05) is 26.1 Å². The maximum Gasteiger partial charge on any atom is 0.306 e. The molecule has 8 heteroatoms. The van der Waals surface area contributed by atoms with Gasteiger partial charge in [0.2, 0.25) is 0 Å². The number of rotatable bonds is 5. The first-order chi connectivity index (χ1) is 14.5. The van der Waals surface area contributed by atoms with Crippen molar-refractivity contribution in [3.8, 4) is 5.75 Å². The first kappa shape index (κ1) is 19.0. The van der Waals surface area contributed by atoms with Crippen molar-refractivity contribution in [1.29, 1.82) is 0 Å². The molecular formula is C22H22N4O3S. The van der Waals surface area contributed by atoms with Gasteiger partial charge >= 0.3 is 5.97 Å². The zero-order valence-corrected chi connectivity index (χ0v) is 17.6. The molecule has 0 amide bonds. The van der Waals surface area contributed by atoms with Crippen molar-refractivity contribution in [3.05, 3.63) is 40.0 Å². The van der Waals surface area contributed by atoms with Gasteiger partial charge in [0.15, 0.2) is 0 Å². The standard InChI is InChI=1S/C22H22N4O3S/c1-11(2)29-17-6-14-9-23-8-13(14)5-16(17)26-20-19-15-4-3-12(22(27)28)7-18(15)30-21(19)25-10-24-20/h5-6,8,10-12H,3-4,7,9H2,1-2H3,(H,27,28)(H,24,25,26). The molecule has 1 atom stereocenters. The van der Waals surface area contributed by atoms with E-state index in [0.29, 0.717) is 19.4 Å². The van der Waals surface area contributed by atoms with Crippen molar-refractivity contribution in [2.24, 2.45) is 10.9 Å². The van der Waals surface area contributed by atoms with Crippen LogP contribution < -0.4 is 10.1 Å². The number of nitrogens with zero attached hydrogens (tertiary/aromatic N) is 3. The van der Waals surface area contributed by atoms with E-state index in [1.54, 1.807) is 17.7 Å². The Morgan fingerprint density at radius 1 is 1.33 bits per heavy atom. The summed E-state index contributed by atoms with van der Waals surface area (Å²) < 4.78 is 6.07. The highest BCUT2D eigenvalue weighted by Crippen LogP contribution is 2.41. The van der Waals surface area contributed by atoms with Crippen LogP contribution in [0.1, 0.15) is 41.8 Å². The zero-order valence-electron chi connectivity index (χ0n) is 16.8. The maximum atomic E-state index is 11.4. The van der Waals surface area contributed by atoms with Crippen molar-refractivity contribution in [2.45, 2.75) is 45.8 Å². The lowest BCUT2D eigenvalue weighted by Gasteiger charge is -2.19. The highest BCUT2D eigenvalue weighted by atomic mass is 32.1. The average Bonchev–Trinajstić information content (AvgIpc) is 3.31. The number of aromatic nitrogens is 2. The van der Waals surface area contributed by atoms with E-state index < -0.39 is 5.97 Å². The van der Waals surface area contributed by atoms with Crippen LogP contribution in [0.2, 0.25) is 0 Å². The van der Waals surface area contributed by atoms with Crippen LogP contribution in [0, 0.1) is 5.92 Å². The number of anilines is 2. The summed E-state index contributed by atoms with van der Waals surface area (Å²) in [5.74, 6) is 0.459. The third kappa shape index (κ3) is 3.31. The number of carbonyl (C=O) groups is 1. The smallest absolute Gasteiger partial charge is 0.306 e. The van der Waals surface area contributed by atoms with Crippen LogP contribution in [0.15, 0.2) is 23.5 Å². The number of carboxylic acids is 1. The second-order valence-corrected chi connectivity index (χ2v) is 9.08. The molecule has 0 bridgehead atoms. The molecule has 0 spiro atoms. The van der Waals surface area contributed by atoms with E-state index in [1.165, 1.54) is 5.56 Å². The first-order valence-corrected chi connectivity index (χ1v) is 10.9. The van der Waals surface area contributed by atoms with Crippen molar-refractivity contribution in [2.75, 3.05) is 5.32 Å². The van der Waals surface area contributed by atoms with Crippen molar-refractivity contribution in [1.82, 2.24) is 9.97 Å². The topological polar surface area (TPSA) is 96.7 Å². The molecule has 3 heterocycles. The number of hydrogen-bond donors (Lipinski definition) is 2. The summed E-state index contributed by atoms with van der Waals surface area (Å²) in [7, 11) is 0. The molecule has 2 N–H and O–H groups in total. The molecule has 1 aromatic carbocycles. The number of hydrogen-bond acceptors (Lipinski definition) is 7. The number of fused-ring (bicyclic) bond motifs is 4. The summed E-state index contributed by atoms with van der Waals surface area (Å²) in [6, 6.07) is 4.10. The summed E-state index contributed by atoms with van der Waals surface area (Å²) >= 11 is 1.57. The summed E-state index contributed by atoms with van der Waals surface area (Å²) in [5, 5.41) is 13.9. The average molecular weight is 423 g/mol. The third-order valence-electron chi connectivity index (χ3n) is 5.54. The van der Waals surface area contributed by atoms with Gasteiger partial charge in [-0.2, -0.15) is 0 Å². The fourth-order valence-electron chi connectivity index (χ4n) is 4.13. The Morgan fingerprint density at radius 3 is 3.00 bits per heavy atom. The number of aliphatic carboxylic acids is 1. The molecule has 0 saturated carbocycles. The summed E-state index contributed by atoms with van der Waals surface area (Å²) in [6.45, 7) is 4.68. The minimum atomic E-state index is -0.724. The Labute approximate surface area is 177 Å². The first-order valence-electron chi connectivity index (χ1n) is 10.1. The van der Waals surface area contributed by atoms with Gasteiger partial charge in [0, 0.05) is 11.1 Å². The number of ether oxygens (including phenoxy) is 1. The molecule has 1 aliphatic carbocycles. The number of nitrogens with one attached hydrogen (secondary N) is 1. The lowest BCUT2D eigenvalue weighted by Crippen LogP contribution is -2.21.